The van der Waals surface area contributed by atoms with Crippen LogP contribution in [-0.4, -0.2) is 10.9 Å². The molecule has 3 aromatic carbocycles. The SMILES string of the molecule is O=C(C=Cc1cccc(O)c1)c1ccccc1OCc1ccccc1. The van der Waals surface area contributed by atoms with E-state index in [1.54, 1.807) is 36.4 Å². The van der Waals surface area contributed by atoms with Gasteiger partial charge in [0.05, 0.1) is 5.56 Å². The van der Waals surface area contributed by atoms with Crippen molar-refractivity contribution in [2.75, 3.05) is 0 Å². The molecule has 1 N–H and O–H groups in total. The third kappa shape index (κ3) is 4.58. The van der Waals surface area contributed by atoms with Gasteiger partial charge in [-0.05, 0) is 41.5 Å². The number of benzene rings is 3. The maximum atomic E-state index is 12.5. The molecule has 0 unspecified atom stereocenters. The summed E-state index contributed by atoms with van der Waals surface area (Å²) in [6, 6.07) is 23.7. The Hall–Kier alpha value is -3.33. The van der Waals surface area contributed by atoms with Gasteiger partial charge in [-0.2, -0.15) is 0 Å². The number of para-hydroxylation sites is 1. The van der Waals surface area contributed by atoms with Gasteiger partial charge in [-0.3, -0.25) is 4.79 Å². The summed E-state index contributed by atoms with van der Waals surface area (Å²) in [6.07, 6.45) is 3.16. The minimum absolute atomic E-state index is 0.146. The third-order valence-electron chi connectivity index (χ3n) is 3.69. The van der Waals surface area contributed by atoms with Gasteiger partial charge >= 0.3 is 0 Å². The Morgan fingerprint density at radius 3 is 2.48 bits per heavy atom. The van der Waals surface area contributed by atoms with Crippen molar-refractivity contribution in [2.45, 2.75) is 6.61 Å². The molecular weight excluding hydrogens is 312 g/mol. The average molecular weight is 330 g/mol. The molecule has 3 heteroatoms. The first-order valence-electron chi connectivity index (χ1n) is 7.99. The van der Waals surface area contributed by atoms with Crippen LogP contribution >= 0.6 is 0 Å². The summed E-state index contributed by atoms with van der Waals surface area (Å²) in [7, 11) is 0. The summed E-state index contributed by atoms with van der Waals surface area (Å²) < 4.78 is 5.82. The Morgan fingerprint density at radius 2 is 1.68 bits per heavy atom. The molecule has 0 bridgehead atoms. The van der Waals surface area contributed by atoms with Crippen molar-refractivity contribution in [3.05, 3.63) is 102 Å². The monoisotopic (exact) mass is 330 g/mol. The second-order valence-electron chi connectivity index (χ2n) is 5.56. The van der Waals surface area contributed by atoms with Crippen LogP contribution in [0.25, 0.3) is 6.08 Å². The quantitative estimate of drug-likeness (QED) is 0.518. The predicted octanol–water partition coefficient (Wildman–Crippen LogP) is 4.87. The van der Waals surface area contributed by atoms with Gasteiger partial charge in [-0.15, -0.1) is 0 Å². The van der Waals surface area contributed by atoms with Gasteiger partial charge in [0.25, 0.3) is 0 Å². The van der Waals surface area contributed by atoms with E-state index in [2.05, 4.69) is 0 Å². The maximum absolute atomic E-state index is 12.5. The highest BCUT2D eigenvalue weighted by atomic mass is 16.5. The first-order valence-corrected chi connectivity index (χ1v) is 7.99. The number of rotatable bonds is 6. The molecule has 0 atom stereocenters. The van der Waals surface area contributed by atoms with Gasteiger partial charge in [0.1, 0.15) is 18.1 Å². The molecule has 3 nitrogen and oxygen atoms in total. The molecule has 0 aromatic heterocycles. The van der Waals surface area contributed by atoms with Crippen molar-refractivity contribution in [1.29, 1.82) is 0 Å². The zero-order chi connectivity index (χ0) is 17.5. The van der Waals surface area contributed by atoms with Crippen molar-refractivity contribution in [3.63, 3.8) is 0 Å². The molecule has 0 aliphatic heterocycles. The number of carbonyl (C=O) groups excluding carboxylic acids is 1. The van der Waals surface area contributed by atoms with Crippen molar-refractivity contribution in [2.24, 2.45) is 0 Å². The summed E-state index contributed by atoms with van der Waals surface area (Å²) >= 11 is 0. The fourth-order valence-corrected chi connectivity index (χ4v) is 2.42. The highest BCUT2D eigenvalue weighted by molar-refractivity contribution is 6.08. The number of allylic oxidation sites excluding steroid dienone is 1. The van der Waals surface area contributed by atoms with Crippen LogP contribution in [0, 0.1) is 0 Å². The van der Waals surface area contributed by atoms with Gasteiger partial charge < -0.3 is 9.84 Å². The summed E-state index contributed by atoms with van der Waals surface area (Å²) in [5.74, 6) is 0.574. The van der Waals surface area contributed by atoms with Crippen LogP contribution in [0.1, 0.15) is 21.5 Å². The molecule has 25 heavy (non-hydrogen) atoms. The highest BCUT2D eigenvalue weighted by Gasteiger charge is 2.09. The summed E-state index contributed by atoms with van der Waals surface area (Å²) in [5, 5.41) is 9.48. The molecular formula is C22H18O3. The number of hydrogen-bond donors (Lipinski definition) is 1. The van der Waals surface area contributed by atoms with Crippen LogP contribution in [0.3, 0.4) is 0 Å². The third-order valence-corrected chi connectivity index (χ3v) is 3.69. The van der Waals surface area contributed by atoms with E-state index in [0.29, 0.717) is 17.9 Å². The van der Waals surface area contributed by atoms with Gasteiger partial charge in [0, 0.05) is 0 Å². The van der Waals surface area contributed by atoms with Crippen LogP contribution in [0.5, 0.6) is 11.5 Å². The fourth-order valence-electron chi connectivity index (χ4n) is 2.42. The molecule has 3 rings (SSSR count). The standard InChI is InChI=1S/C22H18O3/c23-19-10-6-9-17(15-19)13-14-21(24)20-11-4-5-12-22(20)25-16-18-7-2-1-3-8-18/h1-15,23H,16H2. The van der Waals surface area contributed by atoms with Crippen molar-refractivity contribution in [1.82, 2.24) is 0 Å². The molecule has 0 radical (unpaired) electrons. The van der Waals surface area contributed by atoms with Crippen LogP contribution in [0.4, 0.5) is 0 Å². The van der Waals surface area contributed by atoms with E-state index < -0.39 is 0 Å². The van der Waals surface area contributed by atoms with Crippen molar-refractivity contribution < 1.29 is 14.6 Å². The predicted molar refractivity (Wildman–Crippen MR) is 98.7 cm³/mol. The van der Waals surface area contributed by atoms with E-state index in [1.807, 2.05) is 48.5 Å². The minimum atomic E-state index is -0.146. The molecule has 124 valence electrons. The summed E-state index contributed by atoms with van der Waals surface area (Å²) in [6.45, 7) is 0.404. The van der Waals surface area contributed by atoms with Crippen molar-refractivity contribution >= 4 is 11.9 Å². The maximum Gasteiger partial charge on any atom is 0.189 e. The zero-order valence-electron chi connectivity index (χ0n) is 13.6. The van der Waals surface area contributed by atoms with E-state index in [0.717, 1.165) is 11.1 Å². The Bertz CT molecular complexity index is 883. The number of hydrogen-bond acceptors (Lipinski definition) is 3. The number of ketones is 1. The lowest BCUT2D eigenvalue weighted by Crippen LogP contribution is -2.02. The van der Waals surface area contributed by atoms with Crippen LogP contribution < -0.4 is 4.74 Å². The first-order chi connectivity index (χ1) is 12.2. The highest BCUT2D eigenvalue weighted by Crippen LogP contribution is 2.21. The number of aromatic hydroxyl groups is 1. The second kappa shape index (κ2) is 7.97. The van der Waals surface area contributed by atoms with E-state index in [1.165, 1.54) is 6.08 Å². The van der Waals surface area contributed by atoms with Crippen LogP contribution in [0.15, 0.2) is 84.9 Å². The number of phenols is 1. The van der Waals surface area contributed by atoms with Gasteiger partial charge in [0.15, 0.2) is 5.78 Å². The molecule has 0 spiro atoms. The average Bonchev–Trinajstić information content (AvgIpc) is 2.65. The molecule has 0 aliphatic rings. The number of phenolic OH excluding ortho intramolecular Hbond substituents is 1. The van der Waals surface area contributed by atoms with E-state index in [-0.39, 0.29) is 11.5 Å². The Kier molecular flexibility index (Phi) is 5.27. The van der Waals surface area contributed by atoms with E-state index in [4.69, 9.17) is 4.74 Å². The smallest absolute Gasteiger partial charge is 0.189 e. The second-order valence-corrected chi connectivity index (χ2v) is 5.56. The minimum Gasteiger partial charge on any atom is -0.508 e. The fraction of sp³-hybridized carbons (Fsp3) is 0.0455. The van der Waals surface area contributed by atoms with Gasteiger partial charge in [-0.25, -0.2) is 0 Å². The largest absolute Gasteiger partial charge is 0.508 e. The Labute approximate surface area is 146 Å². The number of carbonyl (C=O) groups is 1. The lowest BCUT2D eigenvalue weighted by atomic mass is 10.1. The molecule has 3 aromatic rings. The molecule has 0 fully saturated rings. The zero-order valence-corrected chi connectivity index (χ0v) is 13.6. The molecule has 0 amide bonds. The lowest BCUT2D eigenvalue weighted by molar-refractivity contribution is 0.104. The molecule has 0 heterocycles. The van der Waals surface area contributed by atoms with E-state index >= 15 is 0 Å². The van der Waals surface area contributed by atoms with Crippen LogP contribution in [0.2, 0.25) is 0 Å². The Balaban J connectivity index is 1.74. The number of ether oxygens (including phenoxy) is 1. The summed E-state index contributed by atoms with van der Waals surface area (Å²) in [4.78, 5) is 12.5. The van der Waals surface area contributed by atoms with Crippen LogP contribution in [-0.2, 0) is 6.61 Å². The molecule has 0 saturated carbocycles. The summed E-state index contributed by atoms with van der Waals surface area (Å²) in [5.41, 5.74) is 2.31. The molecule has 0 aliphatic carbocycles. The van der Waals surface area contributed by atoms with Gasteiger partial charge in [0.2, 0.25) is 0 Å². The van der Waals surface area contributed by atoms with E-state index in [9.17, 15) is 9.90 Å². The molecule has 0 saturated heterocycles. The van der Waals surface area contributed by atoms with Gasteiger partial charge in [-0.1, -0.05) is 60.7 Å². The lowest BCUT2D eigenvalue weighted by Gasteiger charge is -2.09. The topological polar surface area (TPSA) is 46.5 Å². The first kappa shape index (κ1) is 16.5. The normalized spacial score (nSPS) is 10.7. The van der Waals surface area contributed by atoms with Crippen molar-refractivity contribution in [3.8, 4) is 11.5 Å². The Morgan fingerprint density at radius 1 is 0.920 bits per heavy atom.